The lowest BCUT2D eigenvalue weighted by molar-refractivity contribution is 0.0710. The summed E-state index contributed by atoms with van der Waals surface area (Å²) < 4.78 is 17.6. The summed E-state index contributed by atoms with van der Waals surface area (Å²) in [6, 6.07) is 11.3. The molecule has 0 heterocycles. The molecule has 5 heteroatoms. The predicted octanol–water partition coefficient (Wildman–Crippen LogP) is 3.56. The van der Waals surface area contributed by atoms with Crippen molar-refractivity contribution in [2.75, 3.05) is 38.3 Å². The second kappa shape index (κ2) is 9.95. The van der Waals surface area contributed by atoms with Gasteiger partial charge in [-0.2, -0.15) is 0 Å². The van der Waals surface area contributed by atoms with E-state index in [0.29, 0.717) is 19.8 Å². The van der Waals surface area contributed by atoms with E-state index in [-0.39, 0.29) is 0 Å². The minimum Gasteiger partial charge on any atom is -0.375 e. The Morgan fingerprint density at radius 2 is 1.43 bits per heavy atom. The summed E-state index contributed by atoms with van der Waals surface area (Å²) in [5, 5.41) is 0. The summed E-state index contributed by atoms with van der Waals surface area (Å²) in [4.78, 5) is 2.25. The zero-order valence-corrected chi connectivity index (χ0v) is 14.8. The Morgan fingerprint density at radius 1 is 0.905 bits per heavy atom. The zero-order valence-electron chi connectivity index (χ0n) is 13.8. The van der Waals surface area contributed by atoms with Gasteiger partial charge in [0.1, 0.15) is 0 Å². The van der Waals surface area contributed by atoms with E-state index in [1.165, 1.54) is 5.69 Å². The van der Waals surface area contributed by atoms with Crippen LogP contribution in [-0.4, -0.2) is 42.2 Å². The first kappa shape index (κ1) is 18.2. The van der Waals surface area contributed by atoms with Gasteiger partial charge in [-0.25, -0.2) is 0 Å². The number of hydrogen-bond acceptors (Lipinski definition) is 4. The molecule has 0 N–H and O–H groups in total. The fourth-order valence-electron chi connectivity index (χ4n) is 2.35. The Balaban J connectivity index is 2.52. The first-order valence-corrected chi connectivity index (χ1v) is 9.78. The predicted molar refractivity (Wildman–Crippen MR) is 89.8 cm³/mol. The number of hydrogen-bond donors (Lipinski definition) is 0. The van der Waals surface area contributed by atoms with E-state index in [4.69, 9.17) is 13.3 Å². The molecule has 1 rings (SSSR count). The molecule has 0 aliphatic carbocycles. The molecule has 120 valence electrons. The van der Waals surface area contributed by atoms with Crippen molar-refractivity contribution in [3.05, 3.63) is 30.3 Å². The average Bonchev–Trinajstić information content (AvgIpc) is 2.49. The molecule has 0 aliphatic rings. The standard InChI is InChI=1S/C16H29NO3Si/c1-5-18-21(19-6-2,20-7-3)15-11-14-17(4)16-12-9-8-10-13-16/h8-10,12-13H,5-7,11,14-15H2,1-4H3. The van der Waals surface area contributed by atoms with Crippen molar-refractivity contribution < 1.29 is 13.3 Å². The zero-order chi connectivity index (χ0) is 15.6. The molecule has 4 nitrogen and oxygen atoms in total. The molecule has 0 saturated heterocycles. The monoisotopic (exact) mass is 311 g/mol. The fourth-order valence-corrected chi connectivity index (χ4v) is 4.94. The molecule has 1 aromatic carbocycles. The summed E-state index contributed by atoms with van der Waals surface area (Å²) in [7, 11) is -0.378. The molecule has 21 heavy (non-hydrogen) atoms. The molecule has 0 spiro atoms. The van der Waals surface area contributed by atoms with E-state index >= 15 is 0 Å². The van der Waals surface area contributed by atoms with Crippen LogP contribution in [0.5, 0.6) is 0 Å². The maximum Gasteiger partial charge on any atom is 0.500 e. The minimum absolute atomic E-state index is 0.640. The van der Waals surface area contributed by atoms with Crippen LogP contribution in [0.4, 0.5) is 5.69 Å². The Hall–Kier alpha value is -0.883. The molecule has 0 unspecified atom stereocenters. The van der Waals surface area contributed by atoms with E-state index in [1.807, 2.05) is 26.8 Å². The molecular formula is C16H29NO3Si. The first-order valence-electron chi connectivity index (χ1n) is 7.85. The van der Waals surface area contributed by atoms with Crippen molar-refractivity contribution in [2.24, 2.45) is 0 Å². The van der Waals surface area contributed by atoms with Crippen LogP contribution in [0.25, 0.3) is 0 Å². The summed E-state index contributed by atoms with van der Waals surface area (Å²) in [6.07, 6.45) is 0.998. The number of rotatable bonds is 11. The molecular weight excluding hydrogens is 282 g/mol. The smallest absolute Gasteiger partial charge is 0.375 e. The fraction of sp³-hybridized carbons (Fsp3) is 0.625. The van der Waals surface area contributed by atoms with Crippen LogP contribution < -0.4 is 4.90 Å². The summed E-state index contributed by atoms with van der Waals surface area (Å²) in [5.41, 5.74) is 1.23. The van der Waals surface area contributed by atoms with Gasteiger partial charge in [-0.1, -0.05) is 18.2 Å². The van der Waals surface area contributed by atoms with Crippen molar-refractivity contribution in [1.29, 1.82) is 0 Å². The largest absolute Gasteiger partial charge is 0.500 e. The van der Waals surface area contributed by atoms with Crippen molar-refractivity contribution in [3.8, 4) is 0 Å². The van der Waals surface area contributed by atoms with E-state index in [9.17, 15) is 0 Å². The molecule has 0 radical (unpaired) electrons. The lowest BCUT2D eigenvalue weighted by Crippen LogP contribution is -2.46. The minimum atomic E-state index is -2.49. The van der Waals surface area contributed by atoms with Crippen molar-refractivity contribution >= 4 is 14.5 Å². The summed E-state index contributed by atoms with van der Waals surface area (Å²) in [6.45, 7) is 8.87. The van der Waals surface area contributed by atoms with Gasteiger partial charge in [0.2, 0.25) is 0 Å². The van der Waals surface area contributed by atoms with Crippen molar-refractivity contribution in [1.82, 2.24) is 0 Å². The van der Waals surface area contributed by atoms with Gasteiger partial charge in [-0.3, -0.25) is 0 Å². The number of anilines is 1. The summed E-state index contributed by atoms with van der Waals surface area (Å²) in [5.74, 6) is 0. The van der Waals surface area contributed by atoms with E-state index in [1.54, 1.807) is 0 Å². The normalized spacial score (nSPS) is 11.6. The Kier molecular flexibility index (Phi) is 8.60. The summed E-state index contributed by atoms with van der Waals surface area (Å²) >= 11 is 0. The third kappa shape index (κ3) is 6.18. The third-order valence-corrected chi connectivity index (χ3v) is 6.42. The van der Waals surface area contributed by atoms with Gasteiger partial charge in [0.05, 0.1) is 0 Å². The Morgan fingerprint density at radius 3 is 1.90 bits per heavy atom. The lowest BCUT2D eigenvalue weighted by atomic mass is 10.3. The number of benzene rings is 1. The maximum atomic E-state index is 5.87. The van der Waals surface area contributed by atoms with Crippen LogP contribution in [0.1, 0.15) is 27.2 Å². The molecule has 0 bridgehead atoms. The highest BCUT2D eigenvalue weighted by molar-refractivity contribution is 6.60. The van der Waals surface area contributed by atoms with Gasteiger partial charge in [-0.15, -0.1) is 0 Å². The SMILES string of the molecule is CCO[Si](CCCN(C)c1ccccc1)(OCC)OCC. The number of nitrogens with zero attached hydrogens (tertiary/aromatic N) is 1. The molecule has 0 saturated carbocycles. The van der Waals surface area contributed by atoms with Crippen LogP contribution >= 0.6 is 0 Å². The quantitative estimate of drug-likeness (QED) is 0.585. The van der Waals surface area contributed by atoms with Crippen LogP contribution in [0.2, 0.25) is 6.04 Å². The van der Waals surface area contributed by atoms with Crippen LogP contribution in [0.15, 0.2) is 30.3 Å². The lowest BCUT2D eigenvalue weighted by Gasteiger charge is -2.29. The topological polar surface area (TPSA) is 30.9 Å². The maximum absolute atomic E-state index is 5.87. The van der Waals surface area contributed by atoms with Gasteiger partial charge in [-0.05, 0) is 39.3 Å². The Labute approximate surface area is 130 Å². The van der Waals surface area contributed by atoms with Crippen molar-refractivity contribution in [3.63, 3.8) is 0 Å². The molecule has 0 fully saturated rings. The average molecular weight is 311 g/mol. The van der Waals surface area contributed by atoms with Crippen molar-refractivity contribution in [2.45, 2.75) is 33.2 Å². The second-order valence-electron chi connectivity index (χ2n) is 4.84. The molecule has 0 aliphatic heterocycles. The highest BCUT2D eigenvalue weighted by atomic mass is 28.4. The Bertz CT molecular complexity index is 358. The third-order valence-electron chi connectivity index (χ3n) is 3.27. The highest BCUT2D eigenvalue weighted by Crippen LogP contribution is 2.19. The van der Waals surface area contributed by atoms with Crippen LogP contribution in [-0.2, 0) is 13.3 Å². The first-order chi connectivity index (χ1) is 10.2. The van der Waals surface area contributed by atoms with Crippen LogP contribution in [0.3, 0.4) is 0 Å². The molecule has 0 aromatic heterocycles. The molecule has 1 aromatic rings. The van der Waals surface area contributed by atoms with E-state index < -0.39 is 8.80 Å². The van der Waals surface area contributed by atoms with E-state index in [2.05, 4.69) is 36.2 Å². The van der Waals surface area contributed by atoms with Gasteiger partial charge >= 0.3 is 8.80 Å². The van der Waals surface area contributed by atoms with Gasteiger partial charge in [0.15, 0.2) is 0 Å². The van der Waals surface area contributed by atoms with Crippen LogP contribution in [0, 0.1) is 0 Å². The van der Waals surface area contributed by atoms with Gasteiger partial charge in [0.25, 0.3) is 0 Å². The molecule has 0 atom stereocenters. The van der Waals surface area contributed by atoms with Gasteiger partial charge < -0.3 is 18.2 Å². The van der Waals surface area contributed by atoms with Gasteiger partial charge in [0, 0.05) is 45.1 Å². The highest BCUT2D eigenvalue weighted by Gasteiger charge is 2.39. The second-order valence-corrected chi connectivity index (χ2v) is 7.57. The number of para-hydroxylation sites is 1. The van der Waals surface area contributed by atoms with E-state index in [0.717, 1.165) is 19.0 Å². The molecule has 0 amide bonds.